The Morgan fingerprint density at radius 1 is 0.963 bits per heavy atom. The molecule has 0 aliphatic rings. The molecule has 0 aromatic heterocycles. The summed E-state index contributed by atoms with van der Waals surface area (Å²) in [6, 6.07) is 18.4. The number of rotatable bonds is 8. The standard InChI is InChI=1S/C21H24O3.C3H8/c1-4-19(24-21(22)16(2)3)15-23-20-12-10-18(11-13-20)14-17-8-6-5-7-9-17;1-3-2/h5-13,19H,2,4,14-15H2,1,3H3;3H2,1-2H3. The molecule has 2 aromatic rings. The summed E-state index contributed by atoms with van der Waals surface area (Å²) in [7, 11) is 0. The summed E-state index contributed by atoms with van der Waals surface area (Å²) in [5.74, 6) is 0.403. The van der Waals surface area contributed by atoms with E-state index < -0.39 is 0 Å². The van der Waals surface area contributed by atoms with Crippen molar-refractivity contribution in [3.05, 3.63) is 77.9 Å². The minimum atomic E-state index is -0.372. The fourth-order valence-corrected chi connectivity index (χ4v) is 2.21. The van der Waals surface area contributed by atoms with Crippen LogP contribution in [0.3, 0.4) is 0 Å². The number of hydrogen-bond acceptors (Lipinski definition) is 3. The first kappa shape index (κ1) is 22.5. The molecule has 1 unspecified atom stereocenters. The van der Waals surface area contributed by atoms with Crippen LogP contribution in [0.4, 0.5) is 0 Å². The highest BCUT2D eigenvalue weighted by molar-refractivity contribution is 5.87. The van der Waals surface area contributed by atoms with E-state index >= 15 is 0 Å². The fraction of sp³-hybridized carbons (Fsp3) is 0.375. The van der Waals surface area contributed by atoms with Gasteiger partial charge in [-0.05, 0) is 43.0 Å². The van der Waals surface area contributed by atoms with Gasteiger partial charge in [0.15, 0.2) is 0 Å². The Morgan fingerprint density at radius 2 is 1.52 bits per heavy atom. The van der Waals surface area contributed by atoms with Crippen LogP contribution in [0, 0.1) is 0 Å². The topological polar surface area (TPSA) is 35.5 Å². The number of ether oxygens (including phenoxy) is 2. The molecule has 0 radical (unpaired) electrons. The molecule has 0 saturated heterocycles. The molecule has 0 saturated carbocycles. The molecule has 3 heteroatoms. The average molecular weight is 369 g/mol. The van der Waals surface area contributed by atoms with Gasteiger partial charge in [-0.1, -0.05) is 76.2 Å². The lowest BCUT2D eigenvalue weighted by Crippen LogP contribution is -2.24. The summed E-state index contributed by atoms with van der Waals surface area (Å²) in [5.41, 5.74) is 2.91. The van der Waals surface area contributed by atoms with Crippen molar-refractivity contribution in [1.29, 1.82) is 0 Å². The van der Waals surface area contributed by atoms with Gasteiger partial charge in [0.25, 0.3) is 0 Å². The van der Waals surface area contributed by atoms with Crippen LogP contribution in [-0.4, -0.2) is 18.7 Å². The summed E-state index contributed by atoms with van der Waals surface area (Å²) in [6.45, 7) is 11.8. The third-order valence-corrected chi connectivity index (χ3v) is 3.69. The van der Waals surface area contributed by atoms with Gasteiger partial charge in [-0.2, -0.15) is 0 Å². The van der Waals surface area contributed by atoms with E-state index in [1.807, 2.05) is 37.3 Å². The lowest BCUT2D eigenvalue weighted by Gasteiger charge is -2.17. The van der Waals surface area contributed by atoms with Crippen LogP contribution < -0.4 is 4.74 Å². The maximum Gasteiger partial charge on any atom is 0.333 e. The Bertz CT molecular complexity index is 675. The van der Waals surface area contributed by atoms with Crippen LogP contribution in [0.5, 0.6) is 5.75 Å². The monoisotopic (exact) mass is 368 g/mol. The van der Waals surface area contributed by atoms with Crippen molar-refractivity contribution in [2.45, 2.75) is 53.1 Å². The second-order valence-corrected chi connectivity index (χ2v) is 6.54. The highest BCUT2D eigenvalue weighted by atomic mass is 16.6. The minimum Gasteiger partial charge on any atom is -0.490 e. The zero-order chi connectivity index (χ0) is 20.1. The maximum absolute atomic E-state index is 11.6. The Morgan fingerprint density at radius 3 is 2.04 bits per heavy atom. The van der Waals surface area contributed by atoms with E-state index in [4.69, 9.17) is 9.47 Å². The summed E-state index contributed by atoms with van der Waals surface area (Å²) in [6.07, 6.45) is 2.58. The molecule has 27 heavy (non-hydrogen) atoms. The molecule has 0 bridgehead atoms. The van der Waals surface area contributed by atoms with Gasteiger partial charge in [-0.25, -0.2) is 4.79 Å². The largest absolute Gasteiger partial charge is 0.490 e. The molecule has 146 valence electrons. The van der Waals surface area contributed by atoms with Gasteiger partial charge in [0, 0.05) is 5.57 Å². The van der Waals surface area contributed by atoms with Crippen molar-refractivity contribution in [2.24, 2.45) is 0 Å². The summed E-state index contributed by atoms with van der Waals surface area (Å²) in [4.78, 5) is 11.6. The van der Waals surface area contributed by atoms with Gasteiger partial charge >= 0.3 is 5.97 Å². The van der Waals surface area contributed by atoms with E-state index in [1.165, 1.54) is 17.5 Å². The molecule has 0 heterocycles. The Kier molecular flexibility index (Phi) is 10.6. The van der Waals surface area contributed by atoms with E-state index in [1.54, 1.807) is 6.92 Å². The number of esters is 1. The van der Waals surface area contributed by atoms with Gasteiger partial charge < -0.3 is 9.47 Å². The van der Waals surface area contributed by atoms with E-state index in [0.717, 1.165) is 12.2 Å². The maximum atomic E-state index is 11.6. The number of hydrogen-bond donors (Lipinski definition) is 0. The second-order valence-electron chi connectivity index (χ2n) is 6.54. The van der Waals surface area contributed by atoms with Crippen LogP contribution in [-0.2, 0) is 16.0 Å². The fourth-order valence-electron chi connectivity index (χ4n) is 2.21. The van der Waals surface area contributed by atoms with Crippen LogP contribution in [0.2, 0.25) is 0 Å². The van der Waals surface area contributed by atoms with Crippen molar-refractivity contribution in [3.8, 4) is 5.75 Å². The molecule has 0 fully saturated rings. The Labute approximate surface area is 164 Å². The molecule has 2 rings (SSSR count). The number of benzene rings is 2. The minimum absolute atomic E-state index is 0.266. The van der Waals surface area contributed by atoms with Crippen LogP contribution in [0.15, 0.2) is 66.7 Å². The predicted molar refractivity (Wildman–Crippen MR) is 112 cm³/mol. The molecule has 0 spiro atoms. The lowest BCUT2D eigenvalue weighted by molar-refractivity contribution is -0.145. The first-order valence-electron chi connectivity index (χ1n) is 9.62. The first-order chi connectivity index (χ1) is 13.0. The van der Waals surface area contributed by atoms with E-state index in [9.17, 15) is 4.79 Å². The summed E-state index contributed by atoms with van der Waals surface area (Å²) >= 11 is 0. The third kappa shape index (κ3) is 9.09. The second kappa shape index (κ2) is 12.7. The van der Waals surface area contributed by atoms with Crippen LogP contribution in [0.1, 0.15) is 51.7 Å². The van der Waals surface area contributed by atoms with E-state index in [0.29, 0.717) is 18.6 Å². The molecular formula is C24H32O3. The van der Waals surface area contributed by atoms with Crippen molar-refractivity contribution in [1.82, 2.24) is 0 Å². The highest BCUT2D eigenvalue weighted by Gasteiger charge is 2.13. The van der Waals surface area contributed by atoms with Gasteiger partial charge in [0.1, 0.15) is 18.5 Å². The molecule has 0 N–H and O–H groups in total. The van der Waals surface area contributed by atoms with Gasteiger partial charge in [-0.3, -0.25) is 0 Å². The Hall–Kier alpha value is -2.55. The molecule has 2 aromatic carbocycles. The molecule has 3 nitrogen and oxygen atoms in total. The lowest BCUT2D eigenvalue weighted by atomic mass is 10.1. The molecule has 0 aliphatic heterocycles. The quantitative estimate of drug-likeness (QED) is 0.425. The third-order valence-electron chi connectivity index (χ3n) is 3.69. The molecule has 0 amide bonds. The number of carbonyl (C=O) groups is 1. The normalized spacial score (nSPS) is 11.0. The summed E-state index contributed by atoms with van der Waals surface area (Å²) < 4.78 is 11.1. The van der Waals surface area contributed by atoms with Crippen molar-refractivity contribution >= 4 is 5.97 Å². The molecule has 0 aliphatic carbocycles. The zero-order valence-corrected chi connectivity index (χ0v) is 17.0. The van der Waals surface area contributed by atoms with E-state index in [2.05, 4.69) is 44.7 Å². The van der Waals surface area contributed by atoms with Crippen molar-refractivity contribution < 1.29 is 14.3 Å². The zero-order valence-electron chi connectivity index (χ0n) is 17.0. The van der Waals surface area contributed by atoms with Crippen LogP contribution >= 0.6 is 0 Å². The van der Waals surface area contributed by atoms with Gasteiger partial charge in [-0.15, -0.1) is 0 Å². The smallest absolute Gasteiger partial charge is 0.333 e. The molecule has 1 atom stereocenters. The van der Waals surface area contributed by atoms with Crippen molar-refractivity contribution in [3.63, 3.8) is 0 Å². The SMILES string of the molecule is C=C(C)C(=O)OC(CC)COc1ccc(Cc2ccccc2)cc1.CCC. The highest BCUT2D eigenvalue weighted by Crippen LogP contribution is 2.16. The molecular weight excluding hydrogens is 336 g/mol. The van der Waals surface area contributed by atoms with Crippen LogP contribution in [0.25, 0.3) is 0 Å². The van der Waals surface area contributed by atoms with Gasteiger partial charge in [0.2, 0.25) is 0 Å². The predicted octanol–water partition coefficient (Wildman–Crippen LogP) is 5.97. The van der Waals surface area contributed by atoms with Gasteiger partial charge in [0.05, 0.1) is 0 Å². The Balaban J connectivity index is 0.00000114. The van der Waals surface area contributed by atoms with E-state index in [-0.39, 0.29) is 12.1 Å². The van der Waals surface area contributed by atoms with Crippen molar-refractivity contribution in [2.75, 3.05) is 6.61 Å². The number of carbonyl (C=O) groups excluding carboxylic acids is 1. The summed E-state index contributed by atoms with van der Waals surface area (Å²) in [5, 5.41) is 0. The first-order valence-corrected chi connectivity index (χ1v) is 9.62. The average Bonchev–Trinajstić information content (AvgIpc) is 2.67.